The van der Waals surface area contributed by atoms with Crippen LogP contribution in [0.25, 0.3) is 0 Å². The minimum absolute atomic E-state index is 0.0635. The third-order valence-corrected chi connectivity index (χ3v) is 7.70. The first-order valence-electron chi connectivity index (χ1n) is 10.5. The van der Waals surface area contributed by atoms with Gasteiger partial charge in [-0.05, 0) is 18.9 Å². The molecule has 3 aliphatic carbocycles. The second-order valence-electron chi connectivity index (χ2n) is 9.30. The minimum atomic E-state index is -0.988. The van der Waals surface area contributed by atoms with Gasteiger partial charge in [-0.2, -0.15) is 0 Å². The summed E-state index contributed by atoms with van der Waals surface area (Å²) in [6.45, 7) is 5.11. The van der Waals surface area contributed by atoms with E-state index in [9.17, 15) is 19.2 Å². The number of ether oxygens (including phenoxy) is 3. The van der Waals surface area contributed by atoms with Crippen LogP contribution in [-0.2, 0) is 29.2 Å². The number of rotatable bonds is 3. The van der Waals surface area contributed by atoms with Crippen LogP contribution >= 0.6 is 0 Å². The van der Waals surface area contributed by atoms with E-state index in [-0.39, 0.29) is 41.8 Å². The summed E-state index contributed by atoms with van der Waals surface area (Å²) in [7, 11) is 1.50. The smallest absolute Gasteiger partial charge is 0.342 e. The summed E-state index contributed by atoms with van der Waals surface area (Å²) in [5.74, 6) is -1.58. The lowest BCUT2D eigenvalue weighted by atomic mass is 9.54. The highest BCUT2D eigenvalue weighted by Crippen LogP contribution is 2.61. The molecule has 0 saturated heterocycles. The summed E-state index contributed by atoms with van der Waals surface area (Å²) >= 11 is 0. The summed E-state index contributed by atoms with van der Waals surface area (Å²) in [6.07, 6.45) is 0.906. The zero-order valence-electron chi connectivity index (χ0n) is 17.9. The van der Waals surface area contributed by atoms with E-state index >= 15 is 0 Å². The first-order valence-corrected chi connectivity index (χ1v) is 10.5. The number of furan rings is 1. The lowest BCUT2D eigenvalue weighted by molar-refractivity contribution is -0.149. The van der Waals surface area contributed by atoms with Gasteiger partial charge in [-0.25, -0.2) is 4.79 Å². The standard InChI is InChI=1S/C23H24O8/c1-10(24)30-13-7-22(2)12(5-6-14(22)25)16-18(13)23(3)15(9-28-4)31-21(27)11-8-29-20(17(11)23)19(16)26/h8,12-13,15H,5-7,9H2,1-4H3/t12?,13-,15-,22?,23?/m1/s1. The molecule has 1 aromatic heterocycles. The fourth-order valence-corrected chi connectivity index (χ4v) is 6.28. The van der Waals surface area contributed by atoms with Gasteiger partial charge in [0.05, 0.1) is 12.0 Å². The predicted octanol–water partition coefficient (Wildman–Crippen LogP) is 2.54. The Kier molecular flexibility index (Phi) is 4.16. The maximum absolute atomic E-state index is 13.7. The van der Waals surface area contributed by atoms with E-state index in [1.54, 1.807) is 0 Å². The van der Waals surface area contributed by atoms with Crippen LogP contribution in [0.2, 0.25) is 0 Å². The molecule has 1 aromatic rings. The van der Waals surface area contributed by atoms with Gasteiger partial charge in [-0.3, -0.25) is 14.4 Å². The van der Waals surface area contributed by atoms with Crippen molar-refractivity contribution in [1.82, 2.24) is 0 Å². The summed E-state index contributed by atoms with van der Waals surface area (Å²) in [4.78, 5) is 51.2. The molecular formula is C23H24O8. The fraction of sp³-hybridized carbons (Fsp3) is 0.565. The van der Waals surface area contributed by atoms with Crippen LogP contribution in [0.5, 0.6) is 0 Å². The fourth-order valence-electron chi connectivity index (χ4n) is 6.28. The van der Waals surface area contributed by atoms with Crippen molar-refractivity contribution in [2.45, 2.75) is 57.7 Å². The van der Waals surface area contributed by atoms with Crippen molar-refractivity contribution in [1.29, 1.82) is 0 Å². The predicted molar refractivity (Wildman–Crippen MR) is 105 cm³/mol. The van der Waals surface area contributed by atoms with E-state index in [1.807, 2.05) is 13.8 Å². The largest absolute Gasteiger partial charge is 0.460 e. The summed E-state index contributed by atoms with van der Waals surface area (Å²) < 4.78 is 22.4. The van der Waals surface area contributed by atoms with Crippen molar-refractivity contribution < 1.29 is 37.8 Å². The van der Waals surface area contributed by atoms with Crippen LogP contribution in [0.15, 0.2) is 21.8 Å². The number of ketones is 2. The van der Waals surface area contributed by atoms with Gasteiger partial charge in [-0.15, -0.1) is 0 Å². The Labute approximate surface area is 178 Å². The van der Waals surface area contributed by atoms with Gasteiger partial charge in [0.2, 0.25) is 5.78 Å². The van der Waals surface area contributed by atoms with Crippen molar-refractivity contribution in [3.8, 4) is 0 Å². The molecule has 0 amide bonds. The van der Waals surface area contributed by atoms with Crippen molar-refractivity contribution in [2.24, 2.45) is 11.3 Å². The SMILES string of the molecule is COC[C@H]1OC(=O)c2coc3c2C1(C)C1=C(C3=O)C2CCC(=O)C2(C)C[C@H]1OC(C)=O. The summed E-state index contributed by atoms with van der Waals surface area (Å²) in [5.41, 5.74) is -0.0741. The van der Waals surface area contributed by atoms with Gasteiger partial charge in [-0.1, -0.05) is 6.92 Å². The lowest BCUT2D eigenvalue weighted by Gasteiger charge is -2.51. The molecule has 31 heavy (non-hydrogen) atoms. The molecule has 0 aromatic carbocycles. The molecule has 0 bridgehead atoms. The molecule has 3 unspecified atom stereocenters. The van der Waals surface area contributed by atoms with Crippen LogP contribution in [-0.4, -0.2) is 49.4 Å². The molecule has 0 spiro atoms. The molecule has 0 radical (unpaired) electrons. The number of esters is 2. The van der Waals surface area contributed by atoms with E-state index in [1.165, 1.54) is 20.3 Å². The molecule has 8 heteroatoms. The number of allylic oxidation sites excluding steroid dienone is 1. The number of carbonyl (C=O) groups excluding carboxylic acids is 4. The number of hydrogen-bond donors (Lipinski definition) is 0. The third kappa shape index (κ3) is 2.39. The highest BCUT2D eigenvalue weighted by molar-refractivity contribution is 6.14. The Hall–Kier alpha value is -2.74. The van der Waals surface area contributed by atoms with E-state index in [4.69, 9.17) is 18.6 Å². The topological polar surface area (TPSA) is 109 Å². The van der Waals surface area contributed by atoms with E-state index in [2.05, 4.69) is 0 Å². The molecule has 1 fully saturated rings. The van der Waals surface area contributed by atoms with E-state index in [0.717, 1.165) is 0 Å². The average Bonchev–Trinajstić information content (AvgIpc) is 3.27. The Morgan fingerprint density at radius 1 is 1.26 bits per heavy atom. The van der Waals surface area contributed by atoms with Gasteiger partial charge in [0, 0.05) is 49.3 Å². The van der Waals surface area contributed by atoms with Gasteiger partial charge >= 0.3 is 11.9 Å². The van der Waals surface area contributed by atoms with Crippen molar-refractivity contribution in [3.63, 3.8) is 0 Å². The first-order chi connectivity index (χ1) is 14.6. The maximum Gasteiger partial charge on any atom is 0.342 e. The number of cyclic esters (lactones) is 1. The van der Waals surface area contributed by atoms with Gasteiger partial charge in [0.1, 0.15) is 29.8 Å². The summed E-state index contributed by atoms with van der Waals surface area (Å²) in [6, 6.07) is 0. The molecule has 4 aliphatic rings. The van der Waals surface area contributed by atoms with Crippen molar-refractivity contribution in [2.75, 3.05) is 13.7 Å². The first kappa shape index (κ1) is 20.2. The van der Waals surface area contributed by atoms with Crippen molar-refractivity contribution in [3.05, 3.63) is 34.3 Å². The number of carbonyl (C=O) groups is 4. The molecule has 5 rings (SSSR count). The normalized spacial score (nSPS) is 36.0. The molecule has 1 saturated carbocycles. The van der Waals surface area contributed by atoms with Gasteiger partial charge in [0.25, 0.3) is 0 Å². The lowest BCUT2D eigenvalue weighted by Crippen LogP contribution is -2.57. The second-order valence-corrected chi connectivity index (χ2v) is 9.30. The molecule has 0 N–H and O–H groups in total. The highest BCUT2D eigenvalue weighted by Gasteiger charge is 2.64. The number of Topliss-reactive ketones (excluding diaryl/α,β-unsaturated/α-hetero) is 2. The highest BCUT2D eigenvalue weighted by atomic mass is 16.6. The van der Waals surface area contributed by atoms with Crippen LogP contribution in [0.3, 0.4) is 0 Å². The Morgan fingerprint density at radius 2 is 2.00 bits per heavy atom. The Morgan fingerprint density at radius 3 is 2.68 bits per heavy atom. The van der Waals surface area contributed by atoms with Crippen LogP contribution in [0, 0.1) is 11.3 Å². The number of fused-ring (bicyclic) bond motifs is 3. The van der Waals surface area contributed by atoms with Gasteiger partial charge in [0.15, 0.2) is 5.76 Å². The zero-order valence-corrected chi connectivity index (χ0v) is 17.9. The molecular weight excluding hydrogens is 404 g/mol. The monoisotopic (exact) mass is 428 g/mol. The molecule has 1 aliphatic heterocycles. The molecule has 8 nitrogen and oxygen atoms in total. The van der Waals surface area contributed by atoms with E-state index in [0.29, 0.717) is 29.6 Å². The van der Waals surface area contributed by atoms with Crippen LogP contribution < -0.4 is 0 Å². The quantitative estimate of drug-likeness (QED) is 0.676. The Bertz CT molecular complexity index is 1080. The molecule has 164 valence electrons. The van der Waals surface area contributed by atoms with E-state index < -0.39 is 35.0 Å². The Balaban J connectivity index is 1.82. The minimum Gasteiger partial charge on any atom is -0.460 e. The second kappa shape index (κ2) is 6.38. The zero-order chi connectivity index (χ0) is 22.3. The number of hydrogen-bond acceptors (Lipinski definition) is 8. The summed E-state index contributed by atoms with van der Waals surface area (Å²) in [5, 5.41) is 0. The van der Waals surface area contributed by atoms with Crippen molar-refractivity contribution >= 4 is 23.5 Å². The maximum atomic E-state index is 13.7. The third-order valence-electron chi connectivity index (χ3n) is 7.70. The molecule has 2 heterocycles. The number of methoxy groups -OCH3 is 1. The van der Waals surface area contributed by atoms with Gasteiger partial charge < -0.3 is 18.6 Å². The van der Waals surface area contributed by atoms with Crippen LogP contribution in [0.1, 0.15) is 66.5 Å². The average molecular weight is 428 g/mol. The molecule has 5 atom stereocenters. The van der Waals surface area contributed by atoms with Crippen LogP contribution in [0.4, 0.5) is 0 Å².